The van der Waals surface area contributed by atoms with Crippen LogP contribution in [0.25, 0.3) is 11.2 Å². The second-order valence-corrected chi connectivity index (χ2v) is 7.64. The summed E-state index contributed by atoms with van der Waals surface area (Å²) in [4.78, 5) is 6.64. The van der Waals surface area contributed by atoms with E-state index < -0.39 is 0 Å². The van der Waals surface area contributed by atoms with Crippen molar-refractivity contribution in [2.45, 2.75) is 19.5 Å². The predicted octanol–water partition coefficient (Wildman–Crippen LogP) is 1.60. The fraction of sp³-hybridized carbons (Fsp3) is 0.333. The quantitative estimate of drug-likeness (QED) is 0.502. The SMILES string of the molecule is Nc1cc(Cc2cnn(Cc3ccc(CN4CCOCC4)cc3)c2)c2nn[nH]c2n1. The number of rotatable bonds is 6. The summed E-state index contributed by atoms with van der Waals surface area (Å²) in [6.45, 7) is 5.36. The summed E-state index contributed by atoms with van der Waals surface area (Å²) in [5, 5.41) is 15.2. The highest BCUT2D eigenvalue weighted by atomic mass is 16.5. The zero-order chi connectivity index (χ0) is 20.3. The summed E-state index contributed by atoms with van der Waals surface area (Å²) in [7, 11) is 0. The number of pyridine rings is 1. The first kappa shape index (κ1) is 18.7. The van der Waals surface area contributed by atoms with Crippen LogP contribution in [-0.4, -0.2) is 61.4 Å². The van der Waals surface area contributed by atoms with Gasteiger partial charge in [-0.05, 0) is 28.3 Å². The Morgan fingerprint density at radius 3 is 2.60 bits per heavy atom. The lowest BCUT2D eigenvalue weighted by Crippen LogP contribution is -2.35. The molecule has 154 valence electrons. The maximum absolute atomic E-state index is 5.90. The highest BCUT2D eigenvalue weighted by Gasteiger charge is 2.12. The third-order valence-corrected chi connectivity index (χ3v) is 5.36. The number of nitrogens with one attached hydrogen (secondary N) is 1. The van der Waals surface area contributed by atoms with Crippen LogP contribution < -0.4 is 5.73 Å². The van der Waals surface area contributed by atoms with E-state index in [0.717, 1.165) is 56.0 Å². The first-order valence-corrected chi connectivity index (χ1v) is 10.1. The van der Waals surface area contributed by atoms with Crippen molar-refractivity contribution >= 4 is 17.0 Å². The van der Waals surface area contributed by atoms with Crippen molar-refractivity contribution in [2.75, 3.05) is 32.0 Å². The van der Waals surface area contributed by atoms with Gasteiger partial charge in [0.2, 0.25) is 0 Å². The lowest BCUT2D eigenvalue weighted by molar-refractivity contribution is 0.0342. The molecule has 4 aromatic rings. The molecule has 1 saturated heterocycles. The monoisotopic (exact) mass is 404 g/mol. The molecule has 5 rings (SSSR count). The van der Waals surface area contributed by atoms with E-state index in [1.165, 1.54) is 11.1 Å². The van der Waals surface area contributed by atoms with Crippen molar-refractivity contribution in [3.05, 3.63) is 65.0 Å². The number of hydrogen-bond donors (Lipinski definition) is 2. The largest absolute Gasteiger partial charge is 0.384 e. The maximum atomic E-state index is 5.90. The van der Waals surface area contributed by atoms with Crippen molar-refractivity contribution < 1.29 is 4.74 Å². The second kappa shape index (κ2) is 8.21. The number of morpholine rings is 1. The van der Waals surface area contributed by atoms with Gasteiger partial charge in [0.1, 0.15) is 11.3 Å². The molecule has 0 unspecified atom stereocenters. The van der Waals surface area contributed by atoms with E-state index in [1.807, 2.05) is 16.9 Å². The van der Waals surface area contributed by atoms with E-state index in [1.54, 1.807) is 0 Å². The molecule has 1 aromatic carbocycles. The van der Waals surface area contributed by atoms with Gasteiger partial charge in [-0.3, -0.25) is 9.58 Å². The van der Waals surface area contributed by atoms with Gasteiger partial charge in [0.15, 0.2) is 5.65 Å². The van der Waals surface area contributed by atoms with Crippen LogP contribution in [0.5, 0.6) is 0 Å². The number of nitrogens with two attached hydrogens (primary N) is 1. The van der Waals surface area contributed by atoms with Crippen LogP contribution in [0, 0.1) is 0 Å². The molecule has 0 spiro atoms. The first-order chi connectivity index (χ1) is 14.7. The number of aromatic amines is 1. The van der Waals surface area contributed by atoms with Gasteiger partial charge in [-0.15, -0.1) is 5.10 Å². The minimum Gasteiger partial charge on any atom is -0.384 e. The Kier molecular flexibility index (Phi) is 5.12. The molecule has 4 heterocycles. The van der Waals surface area contributed by atoms with Crippen LogP contribution in [0.15, 0.2) is 42.7 Å². The van der Waals surface area contributed by atoms with Crippen molar-refractivity contribution in [1.29, 1.82) is 0 Å². The molecule has 3 aromatic heterocycles. The molecule has 9 nitrogen and oxygen atoms in total. The summed E-state index contributed by atoms with van der Waals surface area (Å²) in [6, 6.07) is 10.6. The molecule has 30 heavy (non-hydrogen) atoms. The summed E-state index contributed by atoms with van der Waals surface area (Å²) < 4.78 is 7.37. The molecule has 0 saturated carbocycles. The zero-order valence-electron chi connectivity index (χ0n) is 16.7. The Labute approximate surface area is 173 Å². The summed E-state index contributed by atoms with van der Waals surface area (Å²) in [5.74, 6) is 0.452. The number of anilines is 1. The molecule has 1 fully saturated rings. The highest BCUT2D eigenvalue weighted by molar-refractivity contribution is 5.76. The number of hydrogen-bond acceptors (Lipinski definition) is 7. The predicted molar refractivity (Wildman–Crippen MR) is 113 cm³/mol. The molecule has 0 bridgehead atoms. The van der Waals surface area contributed by atoms with Crippen molar-refractivity contribution in [1.82, 2.24) is 35.1 Å². The molecule has 0 radical (unpaired) electrons. The minimum absolute atomic E-state index is 0.452. The maximum Gasteiger partial charge on any atom is 0.178 e. The summed E-state index contributed by atoms with van der Waals surface area (Å²) >= 11 is 0. The number of H-pyrrole nitrogens is 1. The van der Waals surface area contributed by atoms with Crippen LogP contribution in [0.3, 0.4) is 0 Å². The average molecular weight is 404 g/mol. The van der Waals surface area contributed by atoms with Gasteiger partial charge < -0.3 is 10.5 Å². The Balaban J connectivity index is 1.24. The average Bonchev–Trinajstić information content (AvgIpc) is 3.40. The minimum atomic E-state index is 0.452. The Bertz CT molecular complexity index is 1130. The van der Waals surface area contributed by atoms with Gasteiger partial charge in [-0.2, -0.15) is 5.10 Å². The summed E-state index contributed by atoms with van der Waals surface area (Å²) in [5.41, 5.74) is 11.9. The molecular formula is C21H24N8O. The van der Waals surface area contributed by atoms with E-state index in [9.17, 15) is 0 Å². The van der Waals surface area contributed by atoms with Crippen LogP contribution in [0.2, 0.25) is 0 Å². The number of nitrogen functional groups attached to an aromatic ring is 1. The summed E-state index contributed by atoms with van der Waals surface area (Å²) in [6.07, 6.45) is 4.62. The molecular weight excluding hydrogens is 380 g/mol. The molecule has 1 aliphatic heterocycles. The van der Waals surface area contributed by atoms with Gasteiger partial charge in [-0.1, -0.05) is 29.5 Å². The van der Waals surface area contributed by atoms with Gasteiger partial charge >= 0.3 is 0 Å². The first-order valence-electron chi connectivity index (χ1n) is 10.1. The fourth-order valence-corrected chi connectivity index (χ4v) is 3.82. The van der Waals surface area contributed by atoms with E-state index in [-0.39, 0.29) is 0 Å². The van der Waals surface area contributed by atoms with Crippen LogP contribution >= 0.6 is 0 Å². The number of nitrogens with zero attached hydrogens (tertiary/aromatic N) is 6. The molecule has 0 aliphatic carbocycles. The number of fused-ring (bicyclic) bond motifs is 1. The van der Waals surface area contributed by atoms with E-state index in [0.29, 0.717) is 17.9 Å². The van der Waals surface area contributed by atoms with E-state index in [2.05, 4.69) is 60.9 Å². The molecule has 0 amide bonds. The van der Waals surface area contributed by atoms with Crippen molar-refractivity contribution in [3.8, 4) is 0 Å². The standard InChI is InChI=1S/C21H24N8O/c22-19-10-18(20-21(24-19)26-27-25-20)9-17-11-23-29(14-17)13-16-3-1-15(2-4-16)12-28-5-7-30-8-6-28/h1-4,10-11,14H,5-9,12-13H2,(H3,22,24,25,26,27). The van der Waals surface area contributed by atoms with E-state index >= 15 is 0 Å². The molecule has 0 atom stereocenters. The van der Waals surface area contributed by atoms with Gasteiger partial charge in [0.25, 0.3) is 0 Å². The van der Waals surface area contributed by atoms with Crippen molar-refractivity contribution in [3.63, 3.8) is 0 Å². The topological polar surface area (TPSA) is 111 Å². The van der Waals surface area contributed by atoms with Gasteiger partial charge in [0, 0.05) is 32.3 Å². The number of aromatic nitrogens is 6. The molecule has 1 aliphatic rings. The third kappa shape index (κ3) is 4.17. The molecule has 9 heteroatoms. The van der Waals surface area contributed by atoms with Crippen LogP contribution in [0.4, 0.5) is 5.82 Å². The van der Waals surface area contributed by atoms with Crippen LogP contribution in [-0.2, 0) is 24.2 Å². The van der Waals surface area contributed by atoms with E-state index in [4.69, 9.17) is 10.5 Å². The zero-order valence-corrected chi connectivity index (χ0v) is 16.7. The molecule has 3 N–H and O–H groups in total. The van der Waals surface area contributed by atoms with Gasteiger partial charge in [-0.25, -0.2) is 10.1 Å². The third-order valence-electron chi connectivity index (χ3n) is 5.36. The smallest absolute Gasteiger partial charge is 0.178 e. The van der Waals surface area contributed by atoms with Crippen LogP contribution in [0.1, 0.15) is 22.3 Å². The second-order valence-electron chi connectivity index (χ2n) is 7.64. The number of benzene rings is 1. The lowest BCUT2D eigenvalue weighted by atomic mass is 10.1. The Hall–Kier alpha value is -3.30. The van der Waals surface area contributed by atoms with Crippen molar-refractivity contribution in [2.24, 2.45) is 0 Å². The Morgan fingerprint density at radius 2 is 1.80 bits per heavy atom. The highest BCUT2D eigenvalue weighted by Crippen LogP contribution is 2.19. The normalized spacial score (nSPS) is 15.1. The van der Waals surface area contributed by atoms with Gasteiger partial charge in [0.05, 0.1) is 26.0 Å². The fourth-order valence-electron chi connectivity index (χ4n) is 3.82. The number of ether oxygens (including phenoxy) is 1. The Morgan fingerprint density at radius 1 is 1.03 bits per heavy atom. The lowest BCUT2D eigenvalue weighted by Gasteiger charge is -2.26.